The first-order valence-electron chi connectivity index (χ1n) is 7.96. The van der Waals surface area contributed by atoms with Crippen molar-refractivity contribution in [3.63, 3.8) is 0 Å². The number of hydrogen-bond donors (Lipinski definition) is 0. The van der Waals surface area contributed by atoms with E-state index in [9.17, 15) is 0 Å². The summed E-state index contributed by atoms with van der Waals surface area (Å²) in [6, 6.07) is 27.0. The minimum atomic E-state index is 0.595. The van der Waals surface area contributed by atoms with Crippen LogP contribution >= 0.6 is 0 Å². The molecule has 3 aromatic carbocycles. The Bertz CT molecular complexity index is 851. The van der Waals surface area contributed by atoms with Crippen molar-refractivity contribution < 1.29 is 0 Å². The van der Waals surface area contributed by atoms with E-state index in [1.54, 1.807) is 0 Å². The Morgan fingerprint density at radius 3 is 2.36 bits per heavy atom. The Labute approximate surface area is 130 Å². The van der Waals surface area contributed by atoms with Crippen molar-refractivity contribution in [3.8, 4) is 11.1 Å². The first-order valence-corrected chi connectivity index (χ1v) is 7.96. The lowest BCUT2D eigenvalue weighted by Crippen LogP contribution is -2.22. The molecule has 106 valence electrons. The predicted molar refractivity (Wildman–Crippen MR) is 91.7 cm³/mol. The van der Waals surface area contributed by atoms with Crippen LogP contribution in [0.3, 0.4) is 0 Å². The lowest BCUT2D eigenvalue weighted by atomic mass is 9.95. The number of hydrogen-bond acceptors (Lipinski definition) is 1. The fraction of sp³-hybridized carbons (Fsp3) is 0.143. The zero-order valence-corrected chi connectivity index (χ0v) is 12.4. The van der Waals surface area contributed by atoms with E-state index < -0.39 is 0 Å². The summed E-state index contributed by atoms with van der Waals surface area (Å²) in [5.74, 6) is 0. The summed E-state index contributed by atoms with van der Waals surface area (Å²) in [5.41, 5.74) is 8.52. The lowest BCUT2D eigenvalue weighted by molar-refractivity contribution is 0.726. The van der Waals surface area contributed by atoms with Gasteiger partial charge in [-0.3, -0.25) is 0 Å². The van der Waals surface area contributed by atoms with Crippen LogP contribution < -0.4 is 4.90 Å². The highest BCUT2D eigenvalue weighted by molar-refractivity contribution is 5.83. The van der Waals surface area contributed by atoms with Gasteiger partial charge in [-0.05, 0) is 47.2 Å². The van der Waals surface area contributed by atoms with Gasteiger partial charge in [0.15, 0.2) is 0 Å². The van der Waals surface area contributed by atoms with Crippen LogP contribution in [-0.2, 0) is 12.8 Å². The highest BCUT2D eigenvalue weighted by Gasteiger charge is 2.37. The van der Waals surface area contributed by atoms with Gasteiger partial charge in [0.05, 0.1) is 0 Å². The van der Waals surface area contributed by atoms with Gasteiger partial charge in [-0.2, -0.15) is 0 Å². The molecule has 0 aromatic heterocycles. The van der Waals surface area contributed by atoms with Crippen molar-refractivity contribution in [2.45, 2.75) is 18.9 Å². The number of rotatable bonds is 1. The molecule has 1 atom stereocenters. The van der Waals surface area contributed by atoms with E-state index in [2.05, 4.69) is 77.7 Å². The molecule has 2 aliphatic rings. The van der Waals surface area contributed by atoms with Crippen molar-refractivity contribution in [3.05, 3.63) is 83.9 Å². The molecule has 2 heterocycles. The molecule has 0 saturated carbocycles. The maximum atomic E-state index is 2.55. The minimum absolute atomic E-state index is 0.595. The second kappa shape index (κ2) is 4.48. The van der Waals surface area contributed by atoms with Gasteiger partial charge in [0, 0.05) is 17.4 Å². The molecule has 0 spiro atoms. The Balaban J connectivity index is 1.69. The van der Waals surface area contributed by atoms with E-state index in [1.165, 1.54) is 40.0 Å². The zero-order valence-electron chi connectivity index (χ0n) is 12.4. The van der Waals surface area contributed by atoms with E-state index in [-0.39, 0.29) is 0 Å². The van der Waals surface area contributed by atoms with Crippen molar-refractivity contribution in [1.29, 1.82) is 0 Å². The van der Waals surface area contributed by atoms with Gasteiger partial charge in [-0.15, -0.1) is 0 Å². The van der Waals surface area contributed by atoms with Crippen LogP contribution in [0.25, 0.3) is 11.1 Å². The Morgan fingerprint density at radius 1 is 0.682 bits per heavy atom. The van der Waals surface area contributed by atoms with Gasteiger partial charge >= 0.3 is 0 Å². The van der Waals surface area contributed by atoms with Crippen LogP contribution in [0.4, 0.5) is 11.4 Å². The van der Waals surface area contributed by atoms with Crippen molar-refractivity contribution in [1.82, 2.24) is 0 Å². The quantitative estimate of drug-likeness (QED) is 0.609. The summed E-state index contributed by atoms with van der Waals surface area (Å²) in [4.78, 5) is 2.55. The molecule has 5 rings (SSSR count). The molecular formula is C21H17N. The minimum Gasteiger partial charge on any atom is -0.337 e. The largest absolute Gasteiger partial charge is 0.337 e. The molecule has 1 nitrogen and oxygen atoms in total. The SMILES string of the molecule is c1ccc(-c2cccc3c2CC2Cc4ccccc4N32)cc1. The number of anilines is 2. The van der Waals surface area contributed by atoms with Gasteiger partial charge in [-0.25, -0.2) is 0 Å². The molecule has 1 heteroatoms. The smallest absolute Gasteiger partial charge is 0.0453 e. The third-order valence-electron chi connectivity index (χ3n) is 5.01. The summed E-state index contributed by atoms with van der Waals surface area (Å²) in [7, 11) is 0. The molecule has 0 fully saturated rings. The van der Waals surface area contributed by atoms with Gasteiger partial charge < -0.3 is 4.90 Å². The molecule has 0 radical (unpaired) electrons. The Hall–Kier alpha value is -2.54. The normalized spacial score (nSPS) is 18.0. The Kier molecular flexibility index (Phi) is 2.45. The monoisotopic (exact) mass is 283 g/mol. The van der Waals surface area contributed by atoms with Crippen molar-refractivity contribution in [2.24, 2.45) is 0 Å². The summed E-state index contributed by atoms with van der Waals surface area (Å²) < 4.78 is 0. The molecule has 0 aliphatic carbocycles. The predicted octanol–water partition coefficient (Wildman–Crippen LogP) is 4.97. The van der Waals surface area contributed by atoms with Crippen LogP contribution in [-0.4, -0.2) is 6.04 Å². The summed E-state index contributed by atoms with van der Waals surface area (Å²) in [5, 5.41) is 0. The van der Waals surface area contributed by atoms with Crippen molar-refractivity contribution in [2.75, 3.05) is 4.90 Å². The zero-order chi connectivity index (χ0) is 14.5. The maximum absolute atomic E-state index is 2.55. The molecule has 1 unspecified atom stereocenters. The average Bonchev–Trinajstić information content (AvgIpc) is 3.11. The fourth-order valence-electron chi connectivity index (χ4n) is 4.09. The van der Waals surface area contributed by atoms with Crippen LogP contribution in [0.5, 0.6) is 0 Å². The van der Waals surface area contributed by atoms with E-state index in [1.807, 2.05) is 0 Å². The topological polar surface area (TPSA) is 3.24 Å². The number of para-hydroxylation sites is 1. The van der Waals surface area contributed by atoms with E-state index in [0.29, 0.717) is 6.04 Å². The molecule has 0 bridgehead atoms. The first kappa shape index (κ1) is 12.0. The van der Waals surface area contributed by atoms with Crippen LogP contribution in [0.2, 0.25) is 0 Å². The van der Waals surface area contributed by atoms with Gasteiger partial charge in [0.25, 0.3) is 0 Å². The standard InChI is InChI=1S/C21H17N/c1-2-7-15(8-3-1)18-10-6-12-21-19(18)14-17-13-16-9-4-5-11-20(16)22(17)21/h1-12,17H,13-14H2. The van der Waals surface area contributed by atoms with Crippen LogP contribution in [0.1, 0.15) is 11.1 Å². The summed E-state index contributed by atoms with van der Waals surface area (Å²) in [6.45, 7) is 0. The Morgan fingerprint density at radius 2 is 1.45 bits per heavy atom. The lowest BCUT2D eigenvalue weighted by Gasteiger charge is -2.20. The second-order valence-electron chi connectivity index (χ2n) is 6.23. The molecule has 2 aliphatic heterocycles. The van der Waals surface area contributed by atoms with Gasteiger partial charge in [0.1, 0.15) is 0 Å². The second-order valence-corrected chi connectivity index (χ2v) is 6.23. The fourth-order valence-corrected chi connectivity index (χ4v) is 4.09. The van der Waals surface area contributed by atoms with Crippen LogP contribution in [0, 0.1) is 0 Å². The highest BCUT2D eigenvalue weighted by atomic mass is 15.2. The third-order valence-corrected chi connectivity index (χ3v) is 5.01. The highest BCUT2D eigenvalue weighted by Crippen LogP contribution is 2.48. The van der Waals surface area contributed by atoms with E-state index >= 15 is 0 Å². The summed E-state index contributed by atoms with van der Waals surface area (Å²) >= 11 is 0. The number of fused-ring (bicyclic) bond motifs is 5. The first-order chi connectivity index (χ1) is 10.9. The average molecular weight is 283 g/mol. The third kappa shape index (κ3) is 1.59. The molecule has 22 heavy (non-hydrogen) atoms. The maximum Gasteiger partial charge on any atom is 0.0453 e. The molecular weight excluding hydrogens is 266 g/mol. The molecule has 0 saturated heterocycles. The molecule has 0 amide bonds. The van der Waals surface area contributed by atoms with Crippen LogP contribution in [0.15, 0.2) is 72.8 Å². The summed E-state index contributed by atoms with van der Waals surface area (Å²) in [6.07, 6.45) is 2.31. The van der Waals surface area contributed by atoms with Gasteiger partial charge in [-0.1, -0.05) is 60.7 Å². The van der Waals surface area contributed by atoms with E-state index in [0.717, 1.165) is 6.42 Å². The number of benzene rings is 3. The van der Waals surface area contributed by atoms with Crippen molar-refractivity contribution >= 4 is 11.4 Å². The molecule has 3 aromatic rings. The van der Waals surface area contributed by atoms with E-state index in [4.69, 9.17) is 0 Å². The molecule has 0 N–H and O–H groups in total. The van der Waals surface area contributed by atoms with Gasteiger partial charge in [0.2, 0.25) is 0 Å². The number of nitrogens with zero attached hydrogens (tertiary/aromatic N) is 1.